The number of carboxylic acid groups (broad SMARTS) is 1. The largest absolute Gasteiger partial charge is 0.477 e. The molecule has 5 heteroatoms. The third kappa shape index (κ3) is 11.4. The number of unbranched alkanes of at least 4 members (excludes halogenated alkanes) is 9. The van der Waals surface area contributed by atoms with Gasteiger partial charge in [0.15, 0.2) is 5.54 Å². The number of aliphatic carboxylic acids is 1. The van der Waals surface area contributed by atoms with Crippen molar-refractivity contribution in [1.29, 1.82) is 0 Å². The van der Waals surface area contributed by atoms with Gasteiger partial charge >= 0.3 is 5.97 Å². The molecule has 0 saturated heterocycles. The molecule has 0 aliphatic rings. The van der Waals surface area contributed by atoms with Gasteiger partial charge in [0.05, 0.1) is 20.6 Å². The van der Waals surface area contributed by atoms with Gasteiger partial charge in [0.25, 0.3) is 0 Å². The second kappa shape index (κ2) is 14.0. The Morgan fingerprint density at radius 2 is 1.37 bits per heavy atom. The quantitative estimate of drug-likeness (QED) is 0.281. The second-order valence-electron chi connectivity index (χ2n) is 8.91. The van der Waals surface area contributed by atoms with Crippen molar-refractivity contribution in [2.45, 2.75) is 103 Å². The molecule has 0 unspecified atom stereocenters. The smallest absolute Gasteiger partial charge is 0.365 e. The van der Waals surface area contributed by atoms with E-state index in [2.05, 4.69) is 12.2 Å². The monoisotopic (exact) mass is 385 g/mol. The van der Waals surface area contributed by atoms with Gasteiger partial charge in [-0.3, -0.25) is 4.79 Å². The maximum absolute atomic E-state index is 11.9. The molecule has 0 radical (unpaired) electrons. The van der Waals surface area contributed by atoms with Crippen LogP contribution >= 0.6 is 0 Å². The van der Waals surface area contributed by atoms with Gasteiger partial charge in [-0.05, 0) is 19.3 Å². The van der Waals surface area contributed by atoms with E-state index in [1.54, 1.807) is 13.8 Å². The van der Waals surface area contributed by atoms with Gasteiger partial charge < -0.3 is 14.9 Å². The molecular formula is C22H45N2O3+. The maximum Gasteiger partial charge on any atom is 0.365 e. The van der Waals surface area contributed by atoms with Crippen molar-refractivity contribution < 1.29 is 19.2 Å². The zero-order valence-electron chi connectivity index (χ0n) is 18.6. The van der Waals surface area contributed by atoms with Crippen LogP contribution < -0.4 is 5.32 Å². The van der Waals surface area contributed by atoms with Gasteiger partial charge in [-0.1, -0.05) is 58.3 Å². The molecular weight excluding hydrogens is 340 g/mol. The molecule has 1 amide bonds. The van der Waals surface area contributed by atoms with E-state index in [4.69, 9.17) is 0 Å². The lowest BCUT2D eigenvalue weighted by molar-refractivity contribution is -0.928. The highest BCUT2D eigenvalue weighted by molar-refractivity contribution is 5.76. The number of quaternary nitrogens is 1. The van der Waals surface area contributed by atoms with Gasteiger partial charge in [-0.15, -0.1) is 0 Å². The first-order chi connectivity index (χ1) is 12.6. The number of carbonyl (C=O) groups is 2. The van der Waals surface area contributed by atoms with E-state index in [-0.39, 0.29) is 5.91 Å². The Kier molecular flexibility index (Phi) is 13.4. The lowest BCUT2D eigenvalue weighted by Crippen LogP contribution is -2.60. The average Bonchev–Trinajstić information content (AvgIpc) is 2.59. The summed E-state index contributed by atoms with van der Waals surface area (Å²) in [6.07, 6.45) is 13.8. The number of carboxylic acids is 1. The number of hydrogen-bond donors (Lipinski definition) is 2. The number of likely N-dealkylation sites (N-methyl/N-ethyl adjacent to an activating group) is 1. The summed E-state index contributed by atoms with van der Waals surface area (Å²) >= 11 is 0. The van der Waals surface area contributed by atoms with E-state index < -0.39 is 11.5 Å². The van der Waals surface area contributed by atoms with E-state index in [0.717, 1.165) is 32.2 Å². The van der Waals surface area contributed by atoms with Crippen LogP contribution in [0.1, 0.15) is 97.8 Å². The fraction of sp³-hybridized carbons (Fsp3) is 0.909. The summed E-state index contributed by atoms with van der Waals surface area (Å²) in [5.41, 5.74) is -0.806. The fourth-order valence-corrected chi connectivity index (χ4v) is 3.08. The predicted octanol–water partition coefficient (Wildman–Crippen LogP) is 4.74. The molecule has 27 heavy (non-hydrogen) atoms. The Bertz CT molecular complexity index is 420. The van der Waals surface area contributed by atoms with E-state index in [1.807, 2.05) is 14.1 Å². The number of nitrogens with one attached hydrogen (secondary N) is 1. The van der Waals surface area contributed by atoms with Gasteiger partial charge in [0, 0.05) is 26.8 Å². The summed E-state index contributed by atoms with van der Waals surface area (Å²) in [6, 6.07) is 0. The Hall–Kier alpha value is -1.10. The van der Waals surface area contributed by atoms with Crippen molar-refractivity contribution in [2.75, 3.05) is 27.2 Å². The van der Waals surface area contributed by atoms with E-state index >= 15 is 0 Å². The summed E-state index contributed by atoms with van der Waals surface area (Å²) in [7, 11) is 3.91. The average molecular weight is 386 g/mol. The summed E-state index contributed by atoms with van der Waals surface area (Å²) in [6.45, 7) is 7.24. The molecule has 5 nitrogen and oxygen atoms in total. The highest BCUT2D eigenvalue weighted by Crippen LogP contribution is 2.21. The summed E-state index contributed by atoms with van der Waals surface area (Å²) in [5.74, 6) is -0.626. The van der Waals surface area contributed by atoms with Crippen LogP contribution in [0.2, 0.25) is 0 Å². The van der Waals surface area contributed by atoms with E-state index in [1.165, 1.54) is 44.9 Å². The van der Waals surface area contributed by atoms with Crippen LogP contribution in [0.5, 0.6) is 0 Å². The fourth-order valence-electron chi connectivity index (χ4n) is 3.08. The maximum atomic E-state index is 11.9. The molecule has 0 aliphatic carbocycles. The Morgan fingerprint density at radius 1 is 0.852 bits per heavy atom. The Labute approximate surface area is 167 Å². The van der Waals surface area contributed by atoms with Gasteiger partial charge in [-0.25, -0.2) is 4.79 Å². The van der Waals surface area contributed by atoms with Crippen LogP contribution in [0.25, 0.3) is 0 Å². The highest BCUT2D eigenvalue weighted by Gasteiger charge is 2.43. The second-order valence-corrected chi connectivity index (χ2v) is 8.91. The third-order valence-corrected chi connectivity index (χ3v) is 6.01. The molecule has 2 N–H and O–H groups in total. The summed E-state index contributed by atoms with van der Waals surface area (Å²) < 4.78 is 0.439. The van der Waals surface area contributed by atoms with Crippen LogP contribution in [0.15, 0.2) is 0 Å². The molecule has 0 saturated carbocycles. The standard InChI is InChI=1S/C22H44N2O3/c1-6-7-8-9-10-11-12-13-14-17-20(25)23-18-15-16-19-24(4,5)22(2,3)21(26)27/h6-19H2,1-5H3,(H-,23,25,26,27)/p+1. The van der Waals surface area contributed by atoms with E-state index in [0.29, 0.717) is 17.4 Å². The van der Waals surface area contributed by atoms with E-state index in [9.17, 15) is 14.7 Å². The van der Waals surface area contributed by atoms with Crippen LogP contribution in [0.3, 0.4) is 0 Å². The molecule has 0 aliphatic heterocycles. The van der Waals surface area contributed by atoms with Crippen LogP contribution in [-0.2, 0) is 9.59 Å². The van der Waals surface area contributed by atoms with Gasteiger partial charge in [0.1, 0.15) is 0 Å². The minimum Gasteiger partial charge on any atom is -0.477 e. The SMILES string of the molecule is CCCCCCCCCCCC(=O)NCCCC[N+](C)(C)C(C)(C)C(=O)O. The number of rotatable bonds is 17. The summed E-state index contributed by atoms with van der Waals surface area (Å²) in [4.78, 5) is 23.3. The van der Waals surface area contributed by atoms with Crippen LogP contribution in [-0.4, -0.2) is 54.2 Å². The molecule has 0 aromatic carbocycles. The molecule has 0 heterocycles. The van der Waals surface area contributed by atoms with Crippen molar-refractivity contribution in [2.24, 2.45) is 0 Å². The number of carbonyl (C=O) groups excluding carboxylic acids is 1. The molecule has 0 aromatic rings. The first-order valence-corrected chi connectivity index (χ1v) is 11.0. The zero-order chi connectivity index (χ0) is 20.8. The van der Waals surface area contributed by atoms with Gasteiger partial charge in [-0.2, -0.15) is 0 Å². The Morgan fingerprint density at radius 3 is 1.89 bits per heavy atom. The van der Waals surface area contributed by atoms with Crippen molar-refractivity contribution in [1.82, 2.24) is 5.32 Å². The molecule has 160 valence electrons. The van der Waals surface area contributed by atoms with Crippen molar-refractivity contribution in [3.63, 3.8) is 0 Å². The molecule has 0 atom stereocenters. The molecule has 0 bridgehead atoms. The van der Waals surface area contributed by atoms with Crippen molar-refractivity contribution in [3.05, 3.63) is 0 Å². The lowest BCUT2D eigenvalue weighted by atomic mass is 10.00. The van der Waals surface area contributed by atoms with Crippen molar-refractivity contribution >= 4 is 11.9 Å². The molecule has 0 rings (SSSR count). The summed E-state index contributed by atoms with van der Waals surface area (Å²) in [5, 5.41) is 12.4. The third-order valence-electron chi connectivity index (χ3n) is 6.01. The van der Waals surface area contributed by atoms with Crippen LogP contribution in [0.4, 0.5) is 0 Å². The molecule has 0 aromatic heterocycles. The van der Waals surface area contributed by atoms with Gasteiger partial charge in [0.2, 0.25) is 5.91 Å². The first-order valence-electron chi connectivity index (χ1n) is 11.0. The molecule has 0 spiro atoms. The first kappa shape index (κ1) is 25.9. The number of hydrogen-bond acceptors (Lipinski definition) is 2. The zero-order valence-corrected chi connectivity index (χ0v) is 18.6. The van der Waals surface area contributed by atoms with Crippen molar-refractivity contribution in [3.8, 4) is 0 Å². The highest BCUT2D eigenvalue weighted by atomic mass is 16.4. The predicted molar refractivity (Wildman–Crippen MR) is 113 cm³/mol. The lowest BCUT2D eigenvalue weighted by Gasteiger charge is -2.41. The Balaban J connectivity index is 3.63. The normalized spacial score (nSPS) is 12.2. The topological polar surface area (TPSA) is 66.4 Å². The minimum absolute atomic E-state index is 0.151. The number of amides is 1. The molecule has 0 fully saturated rings. The number of nitrogens with zero attached hydrogens (tertiary/aromatic N) is 1. The van der Waals surface area contributed by atoms with Crippen LogP contribution in [0, 0.1) is 0 Å². The minimum atomic E-state index is -0.806.